The molecule has 2 aromatic heterocycles. The Morgan fingerprint density at radius 2 is 1.64 bits per heavy atom. The molecule has 204 valence electrons. The van der Waals surface area contributed by atoms with Gasteiger partial charge in [-0.3, -0.25) is 9.88 Å². The number of fused-ring (bicyclic) bond motifs is 1. The number of aromatic amines is 1. The number of nitrogens with one attached hydrogen (secondary N) is 1. The Labute approximate surface area is 226 Å². The van der Waals surface area contributed by atoms with Gasteiger partial charge in [-0.05, 0) is 68.1 Å². The van der Waals surface area contributed by atoms with Crippen LogP contribution in [0.3, 0.4) is 0 Å². The number of hydrogen-bond donors (Lipinski definition) is 1. The molecule has 2 saturated heterocycles. The van der Waals surface area contributed by atoms with Crippen LogP contribution < -0.4 is 10.6 Å². The van der Waals surface area contributed by atoms with Crippen molar-refractivity contribution in [1.82, 2.24) is 19.4 Å². The largest absolute Gasteiger partial charge is 0.376 e. The number of nitrogens with zero attached hydrogens (tertiary/aromatic N) is 4. The summed E-state index contributed by atoms with van der Waals surface area (Å²) in [6, 6.07) is 15.0. The molecule has 1 N–H and O–H groups in total. The summed E-state index contributed by atoms with van der Waals surface area (Å²) in [6.07, 6.45) is 4.22. The van der Waals surface area contributed by atoms with Gasteiger partial charge < -0.3 is 14.2 Å². The molecule has 2 aliphatic heterocycles. The van der Waals surface area contributed by atoms with E-state index in [4.69, 9.17) is 4.74 Å². The summed E-state index contributed by atoms with van der Waals surface area (Å²) in [5, 5.41) is 0.911. The van der Waals surface area contributed by atoms with Crippen LogP contribution in [0.5, 0.6) is 0 Å². The summed E-state index contributed by atoms with van der Waals surface area (Å²) in [5.74, 6) is 0.0938. The van der Waals surface area contributed by atoms with Gasteiger partial charge in [-0.15, -0.1) is 0 Å². The predicted octanol–water partition coefficient (Wildman–Crippen LogP) is 4.87. The number of benzene rings is 2. The van der Waals surface area contributed by atoms with Gasteiger partial charge in [0.25, 0.3) is 0 Å². The van der Waals surface area contributed by atoms with Crippen molar-refractivity contribution in [3.05, 3.63) is 94.0 Å². The van der Waals surface area contributed by atoms with E-state index in [-0.39, 0.29) is 41.6 Å². The van der Waals surface area contributed by atoms with Crippen molar-refractivity contribution >= 4 is 16.9 Å². The summed E-state index contributed by atoms with van der Waals surface area (Å²) in [4.78, 5) is 24.7. The van der Waals surface area contributed by atoms with Crippen LogP contribution in [0, 0.1) is 11.6 Å². The van der Waals surface area contributed by atoms with Gasteiger partial charge in [0.2, 0.25) is 0 Å². The molecule has 0 saturated carbocycles. The van der Waals surface area contributed by atoms with Crippen LogP contribution in [-0.4, -0.2) is 57.3 Å². The highest BCUT2D eigenvalue weighted by atomic mass is 19.1. The molecule has 2 fully saturated rings. The van der Waals surface area contributed by atoms with E-state index in [1.54, 1.807) is 24.3 Å². The van der Waals surface area contributed by atoms with Crippen LogP contribution in [0.2, 0.25) is 0 Å². The Hall–Kier alpha value is -3.56. The third-order valence-electron chi connectivity index (χ3n) is 8.07. The molecule has 4 heterocycles. The van der Waals surface area contributed by atoms with E-state index in [1.165, 1.54) is 24.3 Å². The molecule has 39 heavy (non-hydrogen) atoms. The van der Waals surface area contributed by atoms with Crippen molar-refractivity contribution in [2.24, 2.45) is 0 Å². The zero-order valence-electron chi connectivity index (χ0n) is 22.2. The van der Waals surface area contributed by atoms with Gasteiger partial charge in [0.05, 0.1) is 24.1 Å². The zero-order chi connectivity index (χ0) is 27.1. The molecule has 7 nitrogen and oxygen atoms in total. The lowest BCUT2D eigenvalue weighted by atomic mass is 9.93. The normalized spacial score (nSPS) is 22.3. The standard InChI is InChI=1S/C30H33F2N5O2/c1-19-17-37(29-26-13-14-35(18-25-4-3-15-39-25)28(26)33-30(38)34-29)20(2)16-36(19)27(21-5-9-23(31)10-6-21)22-7-11-24(32)12-8-22/h5-14,19-20,25,27H,3-4,15-18H2,1-2H3,(H,33,34,38)/t19-,20+,25+/m1/s1. The third-order valence-corrected chi connectivity index (χ3v) is 8.07. The number of hydrogen-bond acceptors (Lipinski definition) is 5. The molecule has 0 unspecified atom stereocenters. The quantitative estimate of drug-likeness (QED) is 0.383. The van der Waals surface area contributed by atoms with Gasteiger partial charge in [-0.25, -0.2) is 13.6 Å². The second-order valence-electron chi connectivity index (χ2n) is 10.8. The van der Waals surface area contributed by atoms with Gasteiger partial charge in [0.1, 0.15) is 23.1 Å². The second kappa shape index (κ2) is 10.5. The molecule has 2 aromatic carbocycles. The number of piperazine rings is 1. The molecule has 0 radical (unpaired) electrons. The highest BCUT2D eigenvalue weighted by Gasteiger charge is 2.36. The number of anilines is 1. The Bertz CT molecular complexity index is 1450. The maximum atomic E-state index is 13.8. The van der Waals surface area contributed by atoms with Gasteiger partial charge in [0.15, 0.2) is 0 Å². The summed E-state index contributed by atoms with van der Waals surface area (Å²) in [5.41, 5.74) is 2.28. The Morgan fingerprint density at radius 1 is 0.974 bits per heavy atom. The number of rotatable bonds is 6. The van der Waals surface area contributed by atoms with Crippen LogP contribution in [0.4, 0.5) is 14.6 Å². The van der Waals surface area contributed by atoms with Crippen molar-refractivity contribution in [1.29, 1.82) is 0 Å². The van der Waals surface area contributed by atoms with E-state index in [0.717, 1.165) is 41.6 Å². The number of halogens is 2. The maximum Gasteiger partial charge on any atom is 0.348 e. The highest BCUT2D eigenvalue weighted by molar-refractivity contribution is 5.88. The monoisotopic (exact) mass is 533 g/mol. The molecular formula is C30H33F2N5O2. The fraction of sp³-hybridized carbons (Fsp3) is 0.400. The molecule has 9 heteroatoms. The minimum Gasteiger partial charge on any atom is -0.376 e. The topological polar surface area (TPSA) is 66.4 Å². The van der Waals surface area contributed by atoms with E-state index in [1.807, 2.05) is 12.3 Å². The van der Waals surface area contributed by atoms with E-state index in [9.17, 15) is 13.6 Å². The van der Waals surface area contributed by atoms with Gasteiger partial charge in [0, 0.05) is 38.0 Å². The molecule has 0 amide bonds. The van der Waals surface area contributed by atoms with E-state index in [0.29, 0.717) is 25.5 Å². The lowest BCUT2D eigenvalue weighted by Crippen LogP contribution is -2.58. The predicted molar refractivity (Wildman–Crippen MR) is 147 cm³/mol. The zero-order valence-corrected chi connectivity index (χ0v) is 22.2. The molecule has 0 bridgehead atoms. The lowest BCUT2D eigenvalue weighted by molar-refractivity contribution is 0.0979. The maximum absolute atomic E-state index is 13.8. The fourth-order valence-corrected chi connectivity index (χ4v) is 6.13. The first-order valence-electron chi connectivity index (χ1n) is 13.6. The Morgan fingerprint density at radius 3 is 2.26 bits per heavy atom. The van der Waals surface area contributed by atoms with E-state index < -0.39 is 0 Å². The summed E-state index contributed by atoms with van der Waals surface area (Å²) >= 11 is 0. The van der Waals surface area contributed by atoms with E-state index in [2.05, 4.69) is 38.2 Å². The molecule has 2 aliphatic rings. The minimum absolute atomic E-state index is 0.0311. The van der Waals surface area contributed by atoms with Crippen molar-refractivity contribution in [3.8, 4) is 0 Å². The first-order valence-corrected chi connectivity index (χ1v) is 13.6. The summed E-state index contributed by atoms with van der Waals surface area (Å²) in [7, 11) is 0. The molecule has 0 spiro atoms. The third kappa shape index (κ3) is 5.08. The molecule has 3 atom stereocenters. The van der Waals surface area contributed by atoms with Crippen molar-refractivity contribution < 1.29 is 13.5 Å². The minimum atomic E-state index is -0.373. The average Bonchev–Trinajstić information content (AvgIpc) is 3.58. The van der Waals surface area contributed by atoms with Gasteiger partial charge >= 0.3 is 5.69 Å². The molecule has 0 aliphatic carbocycles. The van der Waals surface area contributed by atoms with Crippen LogP contribution in [0.15, 0.2) is 65.6 Å². The van der Waals surface area contributed by atoms with Crippen molar-refractivity contribution in [3.63, 3.8) is 0 Å². The fourth-order valence-electron chi connectivity index (χ4n) is 6.13. The van der Waals surface area contributed by atoms with Crippen LogP contribution in [0.1, 0.15) is 43.9 Å². The summed E-state index contributed by atoms with van der Waals surface area (Å²) < 4.78 is 35.4. The number of H-pyrrole nitrogens is 1. The smallest absolute Gasteiger partial charge is 0.348 e. The van der Waals surface area contributed by atoms with Gasteiger partial charge in [-0.2, -0.15) is 4.98 Å². The SMILES string of the molecule is C[C@@H]1CN(c2nc(=O)[nH]c3c2ccn3C[C@@H]2CCCO2)[C@@H](C)CN1C(c1ccc(F)cc1)c1ccc(F)cc1. The summed E-state index contributed by atoms with van der Waals surface area (Å²) in [6.45, 7) is 7.06. The number of aromatic nitrogens is 3. The van der Waals surface area contributed by atoms with Crippen LogP contribution in [-0.2, 0) is 11.3 Å². The first kappa shape index (κ1) is 25.7. The van der Waals surface area contributed by atoms with Crippen molar-refractivity contribution in [2.75, 3.05) is 24.6 Å². The van der Waals surface area contributed by atoms with Gasteiger partial charge in [-0.1, -0.05) is 24.3 Å². The Kier molecular flexibility index (Phi) is 6.95. The highest BCUT2D eigenvalue weighted by Crippen LogP contribution is 2.36. The molecule has 6 rings (SSSR count). The first-order chi connectivity index (χ1) is 18.9. The molecule has 4 aromatic rings. The van der Waals surface area contributed by atoms with Crippen LogP contribution in [0.25, 0.3) is 11.0 Å². The average molecular weight is 534 g/mol. The Balaban J connectivity index is 1.32. The van der Waals surface area contributed by atoms with Crippen LogP contribution >= 0.6 is 0 Å². The second-order valence-corrected chi connectivity index (χ2v) is 10.8. The lowest BCUT2D eigenvalue weighted by Gasteiger charge is -2.48. The number of ether oxygens (including phenoxy) is 1. The van der Waals surface area contributed by atoms with Crippen molar-refractivity contribution in [2.45, 2.75) is 57.5 Å². The molecular weight excluding hydrogens is 500 g/mol. The van der Waals surface area contributed by atoms with E-state index >= 15 is 0 Å².